The number of rotatable bonds is 6. The lowest BCUT2D eigenvalue weighted by atomic mass is 10.1. The van der Waals surface area contributed by atoms with Gasteiger partial charge in [0.05, 0.1) is 11.7 Å². The molecule has 0 aromatic carbocycles. The number of aryl methyl sites for hydroxylation is 1. The van der Waals surface area contributed by atoms with Gasteiger partial charge in [0.25, 0.3) is 0 Å². The summed E-state index contributed by atoms with van der Waals surface area (Å²) in [4.78, 5) is 16.4. The minimum Gasteiger partial charge on any atom is -0.347 e. The molecule has 18 heavy (non-hydrogen) atoms. The Balaban J connectivity index is 2.02. The van der Waals surface area contributed by atoms with Gasteiger partial charge in [0.2, 0.25) is 5.91 Å². The van der Waals surface area contributed by atoms with E-state index in [1.54, 1.807) is 11.8 Å². The smallest absolute Gasteiger partial charge is 0.221 e. The van der Waals surface area contributed by atoms with Crippen molar-refractivity contribution in [3.63, 3.8) is 0 Å². The Kier molecular flexibility index (Phi) is 4.64. The molecule has 98 valence electrons. The summed E-state index contributed by atoms with van der Waals surface area (Å²) in [6, 6.07) is 6.13. The van der Waals surface area contributed by atoms with E-state index in [4.69, 9.17) is 0 Å². The molecule has 2 rings (SSSR count). The van der Waals surface area contributed by atoms with E-state index in [0.29, 0.717) is 12.3 Å². The predicted molar refractivity (Wildman–Crippen MR) is 75.6 cm³/mol. The molecule has 0 saturated heterocycles. The Morgan fingerprint density at radius 1 is 1.56 bits per heavy atom. The summed E-state index contributed by atoms with van der Waals surface area (Å²) >= 11 is 1.70. The Labute approximate surface area is 113 Å². The Hall–Kier alpha value is -1.03. The summed E-state index contributed by atoms with van der Waals surface area (Å²) < 4.78 is 0. The normalized spacial score (nSPS) is 16.3. The van der Waals surface area contributed by atoms with E-state index < -0.39 is 0 Å². The highest BCUT2D eigenvalue weighted by Gasteiger charge is 2.34. The van der Waals surface area contributed by atoms with Crippen LogP contribution in [0.1, 0.15) is 36.7 Å². The molecule has 1 aliphatic carbocycles. The van der Waals surface area contributed by atoms with Gasteiger partial charge < -0.3 is 5.32 Å². The number of hydrogen-bond acceptors (Lipinski definition) is 3. The zero-order valence-electron chi connectivity index (χ0n) is 11.0. The molecule has 0 spiro atoms. The van der Waals surface area contributed by atoms with Crippen LogP contribution in [0.4, 0.5) is 0 Å². The number of nitrogens with one attached hydrogen (secondary N) is 1. The van der Waals surface area contributed by atoms with Gasteiger partial charge >= 0.3 is 0 Å². The molecule has 1 heterocycles. The van der Waals surface area contributed by atoms with Crippen LogP contribution in [0.5, 0.6) is 0 Å². The maximum Gasteiger partial charge on any atom is 0.221 e. The van der Waals surface area contributed by atoms with Crippen LogP contribution in [0.3, 0.4) is 0 Å². The van der Waals surface area contributed by atoms with Crippen molar-refractivity contribution in [2.24, 2.45) is 5.92 Å². The lowest BCUT2D eigenvalue weighted by molar-refractivity contribution is -0.121. The molecule has 1 amide bonds. The molecule has 1 N–H and O–H groups in total. The first kappa shape index (κ1) is 13.4. The van der Waals surface area contributed by atoms with Crippen molar-refractivity contribution in [1.82, 2.24) is 10.3 Å². The van der Waals surface area contributed by atoms with Crippen LogP contribution in [-0.4, -0.2) is 22.9 Å². The second-order valence-electron chi connectivity index (χ2n) is 4.83. The van der Waals surface area contributed by atoms with Crippen LogP contribution in [-0.2, 0) is 4.79 Å². The second kappa shape index (κ2) is 6.23. The Morgan fingerprint density at radius 3 is 2.94 bits per heavy atom. The van der Waals surface area contributed by atoms with Crippen molar-refractivity contribution in [2.45, 2.75) is 32.2 Å². The van der Waals surface area contributed by atoms with E-state index in [1.807, 2.05) is 31.4 Å². The Morgan fingerprint density at radius 2 is 2.33 bits per heavy atom. The molecule has 1 aromatic heterocycles. The number of hydrogen-bond donors (Lipinski definition) is 1. The molecule has 0 bridgehead atoms. The van der Waals surface area contributed by atoms with E-state index in [-0.39, 0.29) is 11.9 Å². The van der Waals surface area contributed by atoms with Crippen LogP contribution >= 0.6 is 11.8 Å². The van der Waals surface area contributed by atoms with Crippen molar-refractivity contribution in [2.75, 3.05) is 12.0 Å². The van der Waals surface area contributed by atoms with E-state index >= 15 is 0 Å². The first-order valence-electron chi connectivity index (χ1n) is 6.42. The first-order valence-corrected chi connectivity index (χ1v) is 7.82. The van der Waals surface area contributed by atoms with E-state index in [9.17, 15) is 4.79 Å². The fourth-order valence-electron chi connectivity index (χ4n) is 2.04. The van der Waals surface area contributed by atoms with Crippen LogP contribution in [0, 0.1) is 12.8 Å². The molecule has 0 aliphatic heterocycles. The third kappa shape index (κ3) is 3.73. The van der Waals surface area contributed by atoms with E-state index in [0.717, 1.165) is 17.1 Å². The highest BCUT2D eigenvalue weighted by Crippen LogP contribution is 2.40. The molecule has 0 radical (unpaired) electrons. The molecule has 1 aliphatic rings. The highest BCUT2D eigenvalue weighted by atomic mass is 32.2. The van der Waals surface area contributed by atoms with Crippen molar-refractivity contribution in [1.29, 1.82) is 0 Å². The van der Waals surface area contributed by atoms with Crippen LogP contribution in [0.2, 0.25) is 0 Å². The average Bonchev–Trinajstić information content (AvgIpc) is 3.17. The molecular weight excluding hydrogens is 244 g/mol. The third-order valence-electron chi connectivity index (χ3n) is 3.17. The van der Waals surface area contributed by atoms with Gasteiger partial charge in [-0.05, 0) is 44.1 Å². The summed E-state index contributed by atoms with van der Waals surface area (Å²) in [5, 5.41) is 3.14. The standard InChI is InChI=1S/C14H20N2OS/c1-10-4-3-5-12(15-10)14(11-6-7-11)16-13(17)8-9-18-2/h3-5,11,14H,6-9H2,1-2H3,(H,16,17). The van der Waals surface area contributed by atoms with Crippen molar-refractivity contribution in [3.8, 4) is 0 Å². The van der Waals surface area contributed by atoms with Gasteiger partial charge in [0, 0.05) is 17.9 Å². The highest BCUT2D eigenvalue weighted by molar-refractivity contribution is 7.98. The molecular formula is C14H20N2OS. The Bertz CT molecular complexity index is 418. The summed E-state index contributed by atoms with van der Waals surface area (Å²) in [5.74, 6) is 1.60. The van der Waals surface area contributed by atoms with Crippen molar-refractivity contribution < 1.29 is 4.79 Å². The SMILES string of the molecule is CSCCC(=O)NC(c1cccc(C)n1)C1CC1. The van der Waals surface area contributed by atoms with Crippen molar-refractivity contribution >= 4 is 17.7 Å². The average molecular weight is 264 g/mol. The second-order valence-corrected chi connectivity index (χ2v) is 5.81. The summed E-state index contributed by atoms with van der Waals surface area (Å²) in [7, 11) is 0. The fraction of sp³-hybridized carbons (Fsp3) is 0.571. The quantitative estimate of drug-likeness (QED) is 0.859. The maximum absolute atomic E-state index is 11.9. The molecule has 1 unspecified atom stereocenters. The number of thioether (sulfide) groups is 1. The molecule has 4 heteroatoms. The van der Waals surface area contributed by atoms with Gasteiger partial charge in [-0.25, -0.2) is 0 Å². The lowest BCUT2D eigenvalue weighted by Crippen LogP contribution is -2.30. The van der Waals surface area contributed by atoms with Gasteiger partial charge in [-0.15, -0.1) is 0 Å². The molecule has 1 aromatic rings. The number of nitrogens with zero attached hydrogens (tertiary/aromatic N) is 1. The lowest BCUT2D eigenvalue weighted by Gasteiger charge is -2.18. The van der Waals surface area contributed by atoms with E-state index in [1.165, 1.54) is 12.8 Å². The van der Waals surface area contributed by atoms with Gasteiger partial charge in [-0.2, -0.15) is 11.8 Å². The molecule has 1 saturated carbocycles. The number of carbonyl (C=O) groups is 1. The van der Waals surface area contributed by atoms with Gasteiger partial charge in [0.1, 0.15) is 0 Å². The number of carbonyl (C=O) groups excluding carboxylic acids is 1. The van der Waals surface area contributed by atoms with Crippen molar-refractivity contribution in [3.05, 3.63) is 29.6 Å². The first-order chi connectivity index (χ1) is 8.70. The zero-order chi connectivity index (χ0) is 13.0. The zero-order valence-corrected chi connectivity index (χ0v) is 11.8. The van der Waals surface area contributed by atoms with E-state index in [2.05, 4.69) is 10.3 Å². The monoisotopic (exact) mass is 264 g/mol. The fourth-order valence-corrected chi connectivity index (χ4v) is 2.43. The summed E-state index contributed by atoms with van der Waals surface area (Å²) in [5.41, 5.74) is 2.02. The maximum atomic E-state index is 11.9. The largest absolute Gasteiger partial charge is 0.347 e. The number of pyridine rings is 1. The molecule has 1 atom stereocenters. The van der Waals surface area contributed by atoms with Gasteiger partial charge in [-0.3, -0.25) is 9.78 Å². The summed E-state index contributed by atoms with van der Waals surface area (Å²) in [6.45, 7) is 1.99. The number of aromatic nitrogens is 1. The molecule has 3 nitrogen and oxygen atoms in total. The number of amides is 1. The predicted octanol–water partition coefficient (Wildman–Crippen LogP) is 2.71. The molecule has 1 fully saturated rings. The minimum atomic E-state index is 0.110. The van der Waals surface area contributed by atoms with Crippen LogP contribution in [0.15, 0.2) is 18.2 Å². The third-order valence-corrected chi connectivity index (χ3v) is 3.78. The van der Waals surface area contributed by atoms with Gasteiger partial charge in [0.15, 0.2) is 0 Å². The van der Waals surface area contributed by atoms with Crippen LogP contribution < -0.4 is 5.32 Å². The van der Waals surface area contributed by atoms with Gasteiger partial charge in [-0.1, -0.05) is 6.07 Å². The topological polar surface area (TPSA) is 42.0 Å². The summed E-state index contributed by atoms with van der Waals surface area (Å²) in [6.07, 6.45) is 5.01. The minimum absolute atomic E-state index is 0.110. The van der Waals surface area contributed by atoms with Crippen LogP contribution in [0.25, 0.3) is 0 Å².